The van der Waals surface area contributed by atoms with E-state index in [0.717, 1.165) is 24.3 Å². The lowest BCUT2D eigenvalue weighted by atomic mass is 10.0. The highest BCUT2D eigenvalue weighted by molar-refractivity contribution is 5.92. The van der Waals surface area contributed by atoms with Gasteiger partial charge in [-0.05, 0) is 23.8 Å². The third kappa shape index (κ3) is 2.37. The highest BCUT2D eigenvalue weighted by Crippen LogP contribution is 2.30. The van der Waals surface area contributed by atoms with Gasteiger partial charge in [-0.15, -0.1) is 0 Å². The van der Waals surface area contributed by atoms with E-state index in [1.165, 1.54) is 0 Å². The molecule has 1 aromatic rings. The van der Waals surface area contributed by atoms with Crippen molar-refractivity contribution in [1.29, 1.82) is 0 Å². The number of rotatable bonds is 2. The summed E-state index contributed by atoms with van der Waals surface area (Å²) < 4.78 is 36.8. The Kier molecular flexibility index (Phi) is 2.83. The zero-order valence-corrected chi connectivity index (χ0v) is 7.51. The summed E-state index contributed by atoms with van der Waals surface area (Å²) in [4.78, 5) is 10.6. The second-order valence-electron chi connectivity index (χ2n) is 2.81. The molecular weight excluding hydrogens is 209 g/mol. The van der Waals surface area contributed by atoms with Crippen LogP contribution in [-0.2, 0) is 6.18 Å². The minimum Gasteiger partial charge on any atom is -0.478 e. The van der Waals surface area contributed by atoms with E-state index in [0.29, 0.717) is 0 Å². The highest BCUT2D eigenvalue weighted by atomic mass is 19.4. The van der Waals surface area contributed by atoms with Crippen LogP contribution >= 0.6 is 0 Å². The molecule has 0 fully saturated rings. The van der Waals surface area contributed by atoms with Crippen LogP contribution in [0.2, 0.25) is 0 Å². The first-order valence-corrected chi connectivity index (χ1v) is 3.93. The van der Waals surface area contributed by atoms with E-state index in [1.807, 2.05) is 0 Å². The Balaban J connectivity index is 3.31. The number of hydrogen-bond acceptors (Lipinski definition) is 1. The molecule has 0 spiro atoms. The first-order chi connectivity index (χ1) is 6.86. The van der Waals surface area contributed by atoms with E-state index in [2.05, 4.69) is 6.58 Å². The number of hydrogen-bond donors (Lipinski definition) is 1. The zero-order chi connectivity index (χ0) is 11.6. The number of carboxylic acid groups (broad SMARTS) is 1. The van der Waals surface area contributed by atoms with Crippen LogP contribution in [0.1, 0.15) is 21.5 Å². The Morgan fingerprint density at radius 2 is 2.00 bits per heavy atom. The average Bonchev–Trinajstić information content (AvgIpc) is 2.15. The molecule has 0 aliphatic heterocycles. The van der Waals surface area contributed by atoms with Crippen LogP contribution < -0.4 is 0 Å². The normalized spacial score (nSPS) is 11.1. The molecule has 0 aliphatic rings. The zero-order valence-electron chi connectivity index (χ0n) is 7.51. The Bertz CT molecular complexity index is 408. The number of alkyl halides is 3. The molecule has 0 heterocycles. The van der Waals surface area contributed by atoms with Gasteiger partial charge < -0.3 is 5.11 Å². The van der Waals surface area contributed by atoms with Gasteiger partial charge in [0.2, 0.25) is 0 Å². The summed E-state index contributed by atoms with van der Waals surface area (Å²) >= 11 is 0. The summed E-state index contributed by atoms with van der Waals surface area (Å²) in [6, 6.07) is 2.41. The van der Waals surface area contributed by atoms with Crippen molar-refractivity contribution in [2.45, 2.75) is 6.18 Å². The molecule has 0 atom stereocenters. The third-order valence-electron chi connectivity index (χ3n) is 1.83. The minimum atomic E-state index is -4.48. The van der Waals surface area contributed by atoms with Gasteiger partial charge in [-0.1, -0.05) is 12.7 Å². The summed E-state index contributed by atoms with van der Waals surface area (Å²) in [5.74, 6) is -1.28. The molecule has 15 heavy (non-hydrogen) atoms. The second kappa shape index (κ2) is 3.76. The van der Waals surface area contributed by atoms with Crippen LogP contribution in [0.3, 0.4) is 0 Å². The van der Waals surface area contributed by atoms with Gasteiger partial charge in [0.15, 0.2) is 0 Å². The van der Waals surface area contributed by atoms with Crippen LogP contribution in [0.15, 0.2) is 24.8 Å². The molecular formula is C10H7F3O2. The van der Waals surface area contributed by atoms with E-state index in [1.54, 1.807) is 0 Å². The van der Waals surface area contributed by atoms with Gasteiger partial charge >= 0.3 is 12.1 Å². The van der Waals surface area contributed by atoms with Crippen LogP contribution in [0.5, 0.6) is 0 Å². The van der Waals surface area contributed by atoms with Crippen molar-refractivity contribution in [3.8, 4) is 0 Å². The van der Waals surface area contributed by atoms with E-state index in [9.17, 15) is 18.0 Å². The fourth-order valence-electron chi connectivity index (χ4n) is 1.10. The maximum atomic E-state index is 12.3. The molecule has 0 aromatic heterocycles. The topological polar surface area (TPSA) is 37.3 Å². The molecule has 1 rings (SSSR count). The Hall–Kier alpha value is -1.78. The van der Waals surface area contributed by atoms with Crippen LogP contribution in [0, 0.1) is 0 Å². The van der Waals surface area contributed by atoms with Gasteiger partial charge in [-0.2, -0.15) is 13.2 Å². The van der Waals surface area contributed by atoms with Crippen molar-refractivity contribution >= 4 is 12.0 Å². The number of benzene rings is 1. The molecule has 0 radical (unpaired) electrons. The Morgan fingerprint density at radius 3 is 2.40 bits per heavy atom. The number of carbonyl (C=O) groups is 1. The molecule has 0 saturated heterocycles. The van der Waals surface area contributed by atoms with E-state index in [-0.39, 0.29) is 11.1 Å². The molecule has 0 saturated carbocycles. The number of halogens is 3. The Morgan fingerprint density at radius 1 is 1.40 bits per heavy atom. The Labute approximate surface area is 83.7 Å². The maximum Gasteiger partial charge on any atom is 0.416 e. The molecule has 1 N–H and O–H groups in total. The quantitative estimate of drug-likeness (QED) is 0.824. The minimum absolute atomic E-state index is 0.0441. The third-order valence-corrected chi connectivity index (χ3v) is 1.83. The number of carboxylic acids is 1. The largest absolute Gasteiger partial charge is 0.478 e. The predicted molar refractivity (Wildman–Crippen MR) is 48.5 cm³/mol. The summed E-state index contributed by atoms with van der Waals surface area (Å²) in [7, 11) is 0. The lowest BCUT2D eigenvalue weighted by Crippen LogP contribution is -2.07. The van der Waals surface area contributed by atoms with Crippen molar-refractivity contribution in [1.82, 2.24) is 0 Å². The fraction of sp³-hybridized carbons (Fsp3) is 0.100. The average molecular weight is 216 g/mol. The summed E-state index contributed by atoms with van der Waals surface area (Å²) in [5.41, 5.74) is -1.13. The smallest absolute Gasteiger partial charge is 0.416 e. The van der Waals surface area contributed by atoms with Gasteiger partial charge in [0.25, 0.3) is 0 Å². The standard InChI is InChI=1S/C10H7F3O2/c1-2-6-5-7(10(11,12)13)3-4-8(6)9(14)15/h2-5H,1H2,(H,14,15). The molecule has 1 aromatic carbocycles. The van der Waals surface area contributed by atoms with Crippen molar-refractivity contribution < 1.29 is 23.1 Å². The molecule has 0 amide bonds. The lowest BCUT2D eigenvalue weighted by molar-refractivity contribution is -0.137. The fourth-order valence-corrected chi connectivity index (χ4v) is 1.10. The van der Waals surface area contributed by atoms with Crippen molar-refractivity contribution in [3.63, 3.8) is 0 Å². The number of aromatic carboxylic acids is 1. The molecule has 2 nitrogen and oxygen atoms in total. The van der Waals surface area contributed by atoms with Gasteiger partial charge in [0.05, 0.1) is 11.1 Å². The first kappa shape index (κ1) is 11.3. The van der Waals surface area contributed by atoms with Crippen molar-refractivity contribution in [2.24, 2.45) is 0 Å². The van der Waals surface area contributed by atoms with Gasteiger partial charge in [-0.25, -0.2) is 4.79 Å². The monoisotopic (exact) mass is 216 g/mol. The van der Waals surface area contributed by atoms with Gasteiger partial charge in [0, 0.05) is 0 Å². The highest BCUT2D eigenvalue weighted by Gasteiger charge is 2.31. The molecule has 0 unspecified atom stereocenters. The molecule has 5 heteroatoms. The molecule has 80 valence electrons. The van der Waals surface area contributed by atoms with Gasteiger partial charge in [0.1, 0.15) is 0 Å². The van der Waals surface area contributed by atoms with E-state index >= 15 is 0 Å². The maximum absolute atomic E-state index is 12.3. The van der Waals surface area contributed by atoms with Crippen LogP contribution in [-0.4, -0.2) is 11.1 Å². The molecule has 0 aliphatic carbocycles. The predicted octanol–water partition coefficient (Wildman–Crippen LogP) is 3.05. The lowest BCUT2D eigenvalue weighted by Gasteiger charge is -2.08. The summed E-state index contributed by atoms with van der Waals surface area (Å²) in [6.45, 7) is 3.27. The second-order valence-corrected chi connectivity index (χ2v) is 2.81. The van der Waals surface area contributed by atoms with E-state index in [4.69, 9.17) is 5.11 Å². The van der Waals surface area contributed by atoms with Crippen molar-refractivity contribution in [3.05, 3.63) is 41.5 Å². The van der Waals surface area contributed by atoms with E-state index < -0.39 is 17.7 Å². The molecule has 0 bridgehead atoms. The summed E-state index contributed by atoms with van der Waals surface area (Å²) in [5, 5.41) is 8.66. The van der Waals surface area contributed by atoms with Gasteiger partial charge in [-0.3, -0.25) is 0 Å². The summed E-state index contributed by atoms with van der Waals surface area (Å²) in [6.07, 6.45) is -3.40. The SMILES string of the molecule is C=Cc1cc(C(F)(F)F)ccc1C(=O)O. The van der Waals surface area contributed by atoms with Crippen LogP contribution in [0.4, 0.5) is 13.2 Å². The van der Waals surface area contributed by atoms with Crippen molar-refractivity contribution in [2.75, 3.05) is 0 Å². The van der Waals surface area contributed by atoms with Crippen LogP contribution in [0.25, 0.3) is 6.08 Å². The first-order valence-electron chi connectivity index (χ1n) is 3.93.